The molecule has 2 atom stereocenters. The normalized spacial score (nSPS) is 18.8. The number of aliphatic imine (C=N–C) groups is 1. The molecule has 0 amide bonds. The minimum Gasteiger partial charge on any atom is -0.377 e. The molecule has 1 fully saturated rings. The average Bonchev–Trinajstić information content (AvgIpc) is 3.11. The third kappa shape index (κ3) is 7.16. The first kappa shape index (κ1) is 21.7. The molecule has 2 heterocycles. The smallest absolute Gasteiger partial charge is 0.191 e. The second kappa shape index (κ2) is 11.3. The number of pyridine rings is 1. The summed E-state index contributed by atoms with van der Waals surface area (Å²) in [4.78, 5) is 13.2. The van der Waals surface area contributed by atoms with E-state index in [1.54, 1.807) is 13.2 Å². The number of halogens is 1. The zero-order chi connectivity index (χ0) is 19.6. The van der Waals surface area contributed by atoms with Crippen LogP contribution in [0.25, 0.3) is 0 Å². The quantitative estimate of drug-likeness (QED) is 0.490. The Balaban J connectivity index is 1.82. The van der Waals surface area contributed by atoms with Crippen molar-refractivity contribution in [3.63, 3.8) is 0 Å². The Labute approximate surface area is 168 Å². The molecule has 1 aromatic heterocycles. The van der Waals surface area contributed by atoms with Crippen LogP contribution in [0.15, 0.2) is 23.3 Å². The fourth-order valence-electron chi connectivity index (χ4n) is 3.16. The first-order chi connectivity index (χ1) is 13.0. The van der Waals surface area contributed by atoms with Crippen molar-refractivity contribution in [1.82, 2.24) is 20.5 Å². The summed E-state index contributed by atoms with van der Waals surface area (Å²) in [5, 5.41) is 7.61. The van der Waals surface area contributed by atoms with Crippen LogP contribution in [0.5, 0.6) is 0 Å². The van der Waals surface area contributed by atoms with Crippen LogP contribution in [0, 0.1) is 0 Å². The molecule has 8 heteroatoms. The Kier molecular flexibility index (Phi) is 9.10. The van der Waals surface area contributed by atoms with Crippen LogP contribution in [0.1, 0.15) is 19.8 Å². The summed E-state index contributed by atoms with van der Waals surface area (Å²) < 4.78 is 5.84. The van der Waals surface area contributed by atoms with Crippen molar-refractivity contribution in [2.24, 2.45) is 4.99 Å². The zero-order valence-corrected chi connectivity index (χ0v) is 17.7. The summed E-state index contributed by atoms with van der Waals surface area (Å²) >= 11 is 6.27. The van der Waals surface area contributed by atoms with Crippen molar-refractivity contribution in [2.45, 2.75) is 31.9 Å². The predicted octanol–water partition coefficient (Wildman–Crippen LogP) is 1.84. The van der Waals surface area contributed by atoms with Crippen LogP contribution in [0.3, 0.4) is 0 Å². The molecular weight excluding hydrogens is 364 g/mol. The largest absolute Gasteiger partial charge is 0.377 e. The van der Waals surface area contributed by atoms with Gasteiger partial charge in [0.2, 0.25) is 0 Å². The van der Waals surface area contributed by atoms with E-state index in [1.807, 2.05) is 19.1 Å². The lowest BCUT2D eigenvalue weighted by atomic mass is 10.2. The van der Waals surface area contributed by atoms with Gasteiger partial charge in [0, 0.05) is 52.1 Å². The summed E-state index contributed by atoms with van der Waals surface area (Å²) in [6, 6.07) is 4.04. The Morgan fingerprint density at radius 3 is 3.00 bits per heavy atom. The minimum absolute atomic E-state index is 0.170. The fraction of sp³-hybridized carbons (Fsp3) is 0.684. The van der Waals surface area contributed by atoms with E-state index in [1.165, 1.54) is 0 Å². The maximum atomic E-state index is 6.27. The number of hydrogen-bond acceptors (Lipinski definition) is 5. The van der Waals surface area contributed by atoms with Gasteiger partial charge < -0.3 is 25.2 Å². The molecule has 1 aliphatic rings. The van der Waals surface area contributed by atoms with Crippen molar-refractivity contribution in [3.8, 4) is 0 Å². The first-order valence-corrected chi connectivity index (χ1v) is 10.00. The molecule has 152 valence electrons. The maximum Gasteiger partial charge on any atom is 0.191 e. The van der Waals surface area contributed by atoms with Crippen LogP contribution in [-0.4, -0.2) is 81.9 Å². The third-order valence-corrected chi connectivity index (χ3v) is 4.88. The minimum atomic E-state index is 0.170. The number of nitrogens with one attached hydrogen (secondary N) is 2. The molecule has 7 nitrogen and oxygen atoms in total. The van der Waals surface area contributed by atoms with Crippen molar-refractivity contribution in [3.05, 3.63) is 23.4 Å². The van der Waals surface area contributed by atoms with Gasteiger partial charge in [-0.25, -0.2) is 4.98 Å². The summed E-state index contributed by atoms with van der Waals surface area (Å²) in [5.41, 5.74) is 0. The number of aromatic nitrogens is 1. The Morgan fingerprint density at radius 1 is 1.52 bits per heavy atom. The highest BCUT2D eigenvalue weighted by molar-refractivity contribution is 6.32. The molecule has 0 aromatic carbocycles. The topological polar surface area (TPSA) is 65.0 Å². The van der Waals surface area contributed by atoms with E-state index in [-0.39, 0.29) is 6.10 Å². The van der Waals surface area contributed by atoms with Gasteiger partial charge in [0.1, 0.15) is 5.82 Å². The molecule has 1 aromatic rings. The van der Waals surface area contributed by atoms with Gasteiger partial charge >= 0.3 is 0 Å². The molecule has 2 N–H and O–H groups in total. The van der Waals surface area contributed by atoms with Gasteiger partial charge in [0.05, 0.1) is 11.1 Å². The lowest BCUT2D eigenvalue weighted by Gasteiger charge is -2.23. The van der Waals surface area contributed by atoms with E-state index in [0.29, 0.717) is 17.7 Å². The highest BCUT2D eigenvalue weighted by Crippen LogP contribution is 2.25. The van der Waals surface area contributed by atoms with Gasteiger partial charge in [0.25, 0.3) is 0 Å². The summed E-state index contributed by atoms with van der Waals surface area (Å²) in [5.74, 6) is 1.66. The van der Waals surface area contributed by atoms with Crippen LogP contribution < -0.4 is 15.5 Å². The van der Waals surface area contributed by atoms with Gasteiger partial charge in [-0.2, -0.15) is 0 Å². The van der Waals surface area contributed by atoms with E-state index in [4.69, 9.17) is 16.3 Å². The van der Waals surface area contributed by atoms with Gasteiger partial charge in [-0.3, -0.25) is 4.99 Å². The van der Waals surface area contributed by atoms with Crippen molar-refractivity contribution in [2.75, 3.05) is 58.8 Å². The maximum absolute atomic E-state index is 6.27. The summed E-state index contributed by atoms with van der Waals surface area (Å²) in [6.07, 6.45) is 3.95. The van der Waals surface area contributed by atoms with Crippen molar-refractivity contribution < 1.29 is 4.74 Å². The van der Waals surface area contributed by atoms with Crippen LogP contribution in [0.2, 0.25) is 5.02 Å². The molecule has 2 unspecified atom stereocenters. The number of nitrogens with zero attached hydrogens (tertiary/aromatic N) is 4. The molecule has 0 saturated carbocycles. The molecule has 27 heavy (non-hydrogen) atoms. The molecular formula is C19H33ClN6O. The highest BCUT2D eigenvalue weighted by atomic mass is 35.5. The van der Waals surface area contributed by atoms with E-state index in [2.05, 4.69) is 44.5 Å². The predicted molar refractivity (Wildman–Crippen MR) is 113 cm³/mol. The number of anilines is 1. The Morgan fingerprint density at radius 2 is 2.33 bits per heavy atom. The third-order valence-electron chi connectivity index (χ3n) is 4.59. The fourth-order valence-corrected chi connectivity index (χ4v) is 3.40. The van der Waals surface area contributed by atoms with Crippen LogP contribution in [0.4, 0.5) is 5.82 Å². The van der Waals surface area contributed by atoms with Crippen molar-refractivity contribution in [1.29, 1.82) is 0 Å². The summed E-state index contributed by atoms with van der Waals surface area (Å²) in [7, 11) is 5.96. The van der Waals surface area contributed by atoms with Gasteiger partial charge in [0.15, 0.2) is 5.96 Å². The van der Waals surface area contributed by atoms with Gasteiger partial charge in [-0.05, 0) is 46.0 Å². The number of hydrogen-bond donors (Lipinski definition) is 2. The van der Waals surface area contributed by atoms with Gasteiger partial charge in [-0.1, -0.05) is 11.6 Å². The van der Waals surface area contributed by atoms with E-state index >= 15 is 0 Å². The Bertz CT molecular complexity index is 597. The van der Waals surface area contributed by atoms with Gasteiger partial charge in [-0.15, -0.1) is 0 Å². The molecule has 0 spiro atoms. The molecule has 0 bridgehead atoms. The monoisotopic (exact) mass is 396 g/mol. The molecule has 1 aliphatic heterocycles. The van der Waals surface area contributed by atoms with E-state index < -0.39 is 0 Å². The number of guanidine groups is 1. The molecule has 0 aliphatic carbocycles. The summed E-state index contributed by atoms with van der Waals surface area (Å²) in [6.45, 7) is 6.27. The second-order valence-corrected chi connectivity index (χ2v) is 7.41. The number of ether oxygens (including phenoxy) is 1. The lowest BCUT2D eigenvalue weighted by Crippen LogP contribution is -2.47. The molecule has 0 radical (unpaired) electrons. The number of rotatable bonds is 9. The average molecular weight is 397 g/mol. The van der Waals surface area contributed by atoms with Crippen LogP contribution >= 0.6 is 11.6 Å². The van der Waals surface area contributed by atoms with Crippen molar-refractivity contribution >= 4 is 23.4 Å². The standard InChI is InChI=1S/C19H33ClN6O/c1-5-27-16(9-11-25(3)4)13-23-19(21-2)24-15-8-12-26(14-15)18-17(20)7-6-10-22-18/h6-7,10,15-16H,5,8-9,11-14H2,1-4H3,(H2,21,23,24). The Hall–Kier alpha value is -1.57. The van der Waals surface area contributed by atoms with Crippen LogP contribution in [-0.2, 0) is 4.74 Å². The highest BCUT2D eigenvalue weighted by Gasteiger charge is 2.25. The first-order valence-electron chi connectivity index (χ1n) is 9.62. The second-order valence-electron chi connectivity index (χ2n) is 7.01. The van der Waals surface area contributed by atoms with E-state index in [9.17, 15) is 0 Å². The molecule has 2 rings (SSSR count). The van der Waals surface area contributed by atoms with E-state index in [0.717, 1.165) is 50.8 Å². The lowest BCUT2D eigenvalue weighted by molar-refractivity contribution is 0.0548. The molecule has 1 saturated heterocycles. The zero-order valence-electron chi connectivity index (χ0n) is 16.9. The SMILES string of the molecule is CCOC(CCN(C)C)CNC(=NC)NC1CCN(c2ncccc2Cl)C1.